The molecule has 0 spiro atoms. The summed E-state index contributed by atoms with van der Waals surface area (Å²) >= 11 is 0. The summed E-state index contributed by atoms with van der Waals surface area (Å²) in [4.78, 5) is 11.0. The van der Waals surface area contributed by atoms with Crippen LogP contribution in [0.3, 0.4) is 0 Å². The van der Waals surface area contributed by atoms with Gasteiger partial charge in [0.2, 0.25) is 0 Å². The normalized spacial score (nSPS) is 12.5. The predicted octanol–water partition coefficient (Wildman–Crippen LogP) is 11.0. The molecule has 49 heavy (non-hydrogen) atoms. The van der Waals surface area contributed by atoms with Crippen LogP contribution in [0.15, 0.2) is 152 Å². The molecule has 0 fully saturated rings. The first-order valence-electron chi connectivity index (χ1n) is 16.7. The van der Waals surface area contributed by atoms with Crippen molar-refractivity contribution >= 4 is 98.5 Å². The van der Waals surface area contributed by atoms with E-state index >= 15 is 0 Å². The van der Waals surface area contributed by atoms with Gasteiger partial charge in [0.15, 0.2) is 5.65 Å². The van der Waals surface area contributed by atoms with E-state index in [0.717, 1.165) is 55.3 Å². The molecule has 0 atom stereocenters. The first kappa shape index (κ1) is 25.4. The van der Waals surface area contributed by atoms with Crippen molar-refractivity contribution < 1.29 is 0 Å². The zero-order valence-corrected chi connectivity index (χ0v) is 26.2. The summed E-state index contributed by atoms with van der Waals surface area (Å²) in [6.07, 6.45) is 0. The van der Waals surface area contributed by atoms with Crippen molar-refractivity contribution in [2.24, 2.45) is 0 Å². The molecule has 5 heteroatoms. The average Bonchev–Trinajstić information content (AvgIpc) is 3.79. The fraction of sp³-hybridized carbons (Fsp3) is 0. The molecule has 7 aromatic carbocycles. The quantitative estimate of drug-likeness (QED) is 0.182. The molecule has 0 saturated carbocycles. The molecular weight excluding hydrogens is 599 g/mol. The minimum Gasteiger partial charge on any atom is -0.309 e. The van der Waals surface area contributed by atoms with Crippen molar-refractivity contribution in [3.8, 4) is 5.69 Å². The number of rotatable bonds is 1. The van der Waals surface area contributed by atoms with Gasteiger partial charge >= 0.3 is 0 Å². The highest BCUT2D eigenvalue weighted by atomic mass is 15.0. The molecule has 0 unspecified atom stereocenters. The lowest BCUT2D eigenvalue weighted by Gasteiger charge is -2.12. The highest BCUT2D eigenvalue weighted by Crippen LogP contribution is 2.43. The van der Waals surface area contributed by atoms with Crippen LogP contribution in [0.1, 0.15) is 0 Å². The van der Waals surface area contributed by atoms with Gasteiger partial charge in [0.1, 0.15) is 5.52 Å². The Balaban J connectivity index is 1.48. The third kappa shape index (κ3) is 3.15. The third-order valence-electron chi connectivity index (χ3n) is 10.5. The van der Waals surface area contributed by atoms with Crippen LogP contribution in [0.4, 0.5) is 0 Å². The third-order valence-corrected chi connectivity index (χ3v) is 10.5. The number of aromatic nitrogens is 5. The molecule has 5 nitrogen and oxygen atoms in total. The van der Waals surface area contributed by atoms with Crippen LogP contribution in [0, 0.1) is 0 Å². The Morgan fingerprint density at radius 2 is 0.878 bits per heavy atom. The molecule has 0 aliphatic carbocycles. The molecule has 0 radical (unpaired) electrons. The molecular formula is C44H25N5. The largest absolute Gasteiger partial charge is 0.309 e. The molecule has 0 aliphatic heterocycles. The number of hydrogen-bond acceptors (Lipinski definition) is 2. The van der Waals surface area contributed by atoms with Crippen LogP contribution >= 0.6 is 0 Å². The topological polar surface area (TPSA) is 39.5 Å². The highest BCUT2D eigenvalue weighted by molar-refractivity contribution is 6.26. The molecule has 0 saturated heterocycles. The molecule has 0 aliphatic rings. The van der Waals surface area contributed by atoms with E-state index in [2.05, 4.69) is 153 Å². The van der Waals surface area contributed by atoms with E-state index in [4.69, 9.17) is 9.97 Å². The van der Waals surface area contributed by atoms with Crippen molar-refractivity contribution in [3.63, 3.8) is 0 Å². The lowest BCUT2D eigenvalue weighted by Crippen LogP contribution is -1.99. The molecule has 12 aromatic rings. The van der Waals surface area contributed by atoms with Gasteiger partial charge < -0.3 is 8.97 Å². The van der Waals surface area contributed by atoms with Gasteiger partial charge in [0.25, 0.3) is 0 Å². The lowest BCUT2D eigenvalue weighted by molar-refractivity contribution is 1.18. The van der Waals surface area contributed by atoms with Crippen LogP contribution in [0.25, 0.3) is 104 Å². The van der Waals surface area contributed by atoms with Crippen molar-refractivity contribution in [2.75, 3.05) is 0 Å². The van der Waals surface area contributed by atoms with Gasteiger partial charge in [-0.2, -0.15) is 0 Å². The summed E-state index contributed by atoms with van der Waals surface area (Å²) in [7, 11) is 0. The Kier molecular flexibility index (Phi) is 4.66. The number of nitrogens with zero attached hydrogens (tertiary/aromatic N) is 5. The molecule has 5 heterocycles. The maximum atomic E-state index is 5.49. The van der Waals surface area contributed by atoms with Crippen LogP contribution in [-0.2, 0) is 0 Å². The van der Waals surface area contributed by atoms with E-state index in [1.807, 2.05) is 12.1 Å². The fourth-order valence-corrected chi connectivity index (χ4v) is 8.53. The van der Waals surface area contributed by atoms with Gasteiger partial charge in [-0.3, -0.25) is 4.40 Å². The monoisotopic (exact) mass is 623 g/mol. The van der Waals surface area contributed by atoms with Gasteiger partial charge in [-0.25, -0.2) is 9.97 Å². The summed E-state index contributed by atoms with van der Waals surface area (Å²) in [6, 6.07) is 54.5. The lowest BCUT2D eigenvalue weighted by atomic mass is 10.1. The van der Waals surface area contributed by atoms with E-state index in [9.17, 15) is 0 Å². The van der Waals surface area contributed by atoms with Crippen LogP contribution in [0.2, 0.25) is 0 Å². The molecule has 0 amide bonds. The molecule has 226 valence electrons. The van der Waals surface area contributed by atoms with E-state index in [1.165, 1.54) is 48.9 Å². The van der Waals surface area contributed by atoms with E-state index < -0.39 is 0 Å². The maximum absolute atomic E-state index is 5.49. The van der Waals surface area contributed by atoms with Crippen molar-refractivity contribution in [2.45, 2.75) is 0 Å². The summed E-state index contributed by atoms with van der Waals surface area (Å²) in [5, 5.41) is 8.33. The number of benzene rings is 7. The maximum Gasteiger partial charge on any atom is 0.165 e. The second-order valence-corrected chi connectivity index (χ2v) is 13.0. The zero-order chi connectivity index (χ0) is 31.8. The molecule has 0 N–H and O–H groups in total. The van der Waals surface area contributed by atoms with Crippen molar-refractivity contribution in [3.05, 3.63) is 152 Å². The van der Waals surface area contributed by atoms with Crippen LogP contribution in [0.5, 0.6) is 0 Å². The Hall–Kier alpha value is -6.72. The smallest absolute Gasteiger partial charge is 0.165 e. The second-order valence-electron chi connectivity index (χ2n) is 13.0. The molecule has 5 aromatic heterocycles. The highest BCUT2D eigenvalue weighted by Gasteiger charge is 2.23. The standard InChI is InChI=1S/C44H25N5/c1-2-12-26(13-3-1)47-36-19-9-6-16-29(36)32-24-40-33(25-39(32)47)41-44(46-35-18-8-7-17-34(35)45-41)49-38-21-11-5-15-28(38)31-23-22-30-27-14-4-10-20-37(27)48(40)42(30)43(31)49/h1-25H. The van der Waals surface area contributed by atoms with Gasteiger partial charge in [-0.1, -0.05) is 97.1 Å². The predicted molar refractivity (Wildman–Crippen MR) is 203 cm³/mol. The minimum atomic E-state index is 0.844. The van der Waals surface area contributed by atoms with Gasteiger partial charge in [-0.05, 0) is 54.6 Å². The van der Waals surface area contributed by atoms with Crippen LogP contribution < -0.4 is 0 Å². The first-order chi connectivity index (χ1) is 24.3. The molecule has 0 bridgehead atoms. The first-order valence-corrected chi connectivity index (χ1v) is 16.7. The summed E-state index contributed by atoms with van der Waals surface area (Å²) < 4.78 is 7.25. The second kappa shape index (κ2) is 9.00. The Morgan fingerprint density at radius 1 is 0.347 bits per heavy atom. The summed E-state index contributed by atoms with van der Waals surface area (Å²) in [6.45, 7) is 0. The number of fused-ring (bicyclic) bond motifs is 15. The Bertz CT molecular complexity index is 3380. The summed E-state index contributed by atoms with van der Waals surface area (Å²) in [5.41, 5.74) is 12.6. The SMILES string of the molecule is c1ccc(-n2c3ccccc3c3cc4c(cc32)c2nc3ccccc3nc2n2c3ccccc3c3ccc5c6ccccc6n4c5c32)cc1. The van der Waals surface area contributed by atoms with E-state index in [0.29, 0.717) is 0 Å². The van der Waals surface area contributed by atoms with E-state index in [1.54, 1.807) is 0 Å². The fourth-order valence-electron chi connectivity index (χ4n) is 8.53. The average molecular weight is 624 g/mol. The molecule has 12 rings (SSSR count). The number of para-hydroxylation sites is 6. The van der Waals surface area contributed by atoms with E-state index in [-0.39, 0.29) is 0 Å². The van der Waals surface area contributed by atoms with Gasteiger partial charge in [-0.15, -0.1) is 0 Å². The van der Waals surface area contributed by atoms with Crippen molar-refractivity contribution in [1.82, 2.24) is 23.3 Å². The summed E-state index contributed by atoms with van der Waals surface area (Å²) in [5.74, 6) is 0. The van der Waals surface area contributed by atoms with Crippen LogP contribution in [-0.4, -0.2) is 23.3 Å². The van der Waals surface area contributed by atoms with Gasteiger partial charge in [0, 0.05) is 43.4 Å². The van der Waals surface area contributed by atoms with Gasteiger partial charge in [0.05, 0.1) is 49.7 Å². The van der Waals surface area contributed by atoms with Crippen molar-refractivity contribution in [1.29, 1.82) is 0 Å². The Labute approximate surface area is 278 Å². The zero-order valence-electron chi connectivity index (χ0n) is 26.2. The Morgan fingerprint density at radius 3 is 1.59 bits per heavy atom. The number of hydrogen-bond donors (Lipinski definition) is 0. The minimum absolute atomic E-state index is 0.844.